The Morgan fingerprint density at radius 1 is 1.23 bits per heavy atom. The minimum atomic E-state index is -0.266. The summed E-state index contributed by atoms with van der Waals surface area (Å²) in [6, 6.07) is 10.4. The molecule has 0 saturated carbocycles. The number of hydrogen-bond acceptors (Lipinski definition) is 4. The van der Waals surface area contributed by atoms with Gasteiger partial charge in [0.25, 0.3) is 5.56 Å². The molecule has 0 aliphatic carbocycles. The van der Waals surface area contributed by atoms with Gasteiger partial charge in [0.1, 0.15) is 0 Å². The summed E-state index contributed by atoms with van der Waals surface area (Å²) in [5.41, 5.74) is 1.91. The average Bonchev–Trinajstić information content (AvgIpc) is 2.60. The van der Waals surface area contributed by atoms with Crippen LogP contribution in [0.2, 0.25) is 10.0 Å². The van der Waals surface area contributed by atoms with Crippen LogP contribution in [0.5, 0.6) is 0 Å². The van der Waals surface area contributed by atoms with Crippen molar-refractivity contribution in [2.45, 2.75) is 12.1 Å². The lowest BCUT2D eigenvalue weighted by Crippen LogP contribution is -2.21. The van der Waals surface area contributed by atoms with E-state index < -0.39 is 0 Å². The summed E-state index contributed by atoms with van der Waals surface area (Å²) >= 11 is 13.1. The molecule has 0 bridgehead atoms. The van der Waals surface area contributed by atoms with Crippen LogP contribution in [0.15, 0.2) is 46.3 Å². The third-order valence-electron chi connectivity index (χ3n) is 3.72. The molecule has 0 aliphatic heterocycles. The van der Waals surface area contributed by atoms with Crippen LogP contribution in [0.3, 0.4) is 0 Å². The Kier molecular flexibility index (Phi) is 5.55. The zero-order valence-electron chi connectivity index (χ0n) is 14.0. The first kappa shape index (κ1) is 18.8. The Morgan fingerprint density at radius 3 is 2.77 bits per heavy atom. The highest BCUT2D eigenvalue weighted by Gasteiger charge is 2.12. The molecule has 5 nitrogen and oxygen atoms in total. The number of nitrogens with one attached hydrogen (secondary N) is 1. The van der Waals surface area contributed by atoms with Crippen LogP contribution in [0.25, 0.3) is 10.9 Å². The first-order valence-corrected chi connectivity index (χ1v) is 9.44. The molecule has 8 heteroatoms. The molecule has 0 atom stereocenters. The number of nitrogens with zero attached hydrogens (tertiary/aromatic N) is 2. The van der Waals surface area contributed by atoms with Gasteiger partial charge in [-0.05, 0) is 37.3 Å². The smallest absolute Gasteiger partial charge is 0.261 e. The number of halogens is 2. The lowest BCUT2D eigenvalue weighted by Gasteiger charge is -2.10. The molecule has 134 valence electrons. The Balaban J connectivity index is 1.78. The van der Waals surface area contributed by atoms with Crippen LogP contribution in [-0.4, -0.2) is 21.2 Å². The number of thioether (sulfide) groups is 1. The van der Waals surface area contributed by atoms with Crippen LogP contribution in [-0.2, 0) is 11.8 Å². The van der Waals surface area contributed by atoms with Gasteiger partial charge in [0.15, 0.2) is 5.16 Å². The fourth-order valence-corrected chi connectivity index (χ4v) is 3.51. The molecule has 0 saturated heterocycles. The SMILES string of the molecule is Cc1ccc2nc(SCC(=O)Nc3cc(Cl)ccc3Cl)n(C)c(=O)c2c1. The van der Waals surface area contributed by atoms with Crippen molar-refractivity contribution in [2.75, 3.05) is 11.1 Å². The van der Waals surface area contributed by atoms with Gasteiger partial charge in [0.05, 0.1) is 27.4 Å². The highest BCUT2D eigenvalue weighted by atomic mass is 35.5. The van der Waals surface area contributed by atoms with E-state index in [0.717, 1.165) is 5.56 Å². The lowest BCUT2D eigenvalue weighted by atomic mass is 10.2. The standard InChI is InChI=1S/C18H15Cl2N3O2S/c1-10-3-6-14-12(7-10)17(25)23(2)18(22-14)26-9-16(24)21-15-8-11(19)4-5-13(15)20/h3-8H,9H2,1-2H3,(H,21,24). The van der Waals surface area contributed by atoms with Crippen LogP contribution < -0.4 is 10.9 Å². The fraction of sp³-hybridized carbons (Fsp3) is 0.167. The van der Waals surface area contributed by atoms with Crippen molar-refractivity contribution >= 4 is 57.5 Å². The van der Waals surface area contributed by atoms with Gasteiger partial charge in [-0.1, -0.05) is 46.6 Å². The molecule has 1 amide bonds. The highest BCUT2D eigenvalue weighted by Crippen LogP contribution is 2.26. The van der Waals surface area contributed by atoms with E-state index in [1.807, 2.05) is 25.1 Å². The number of carbonyl (C=O) groups excluding carboxylic acids is 1. The van der Waals surface area contributed by atoms with Crippen molar-refractivity contribution in [3.63, 3.8) is 0 Å². The fourth-order valence-electron chi connectivity index (χ4n) is 2.40. The van der Waals surface area contributed by atoms with E-state index in [0.29, 0.717) is 31.8 Å². The van der Waals surface area contributed by atoms with E-state index in [2.05, 4.69) is 10.3 Å². The molecule has 1 aromatic heterocycles. The first-order chi connectivity index (χ1) is 12.3. The summed E-state index contributed by atoms with van der Waals surface area (Å²) in [5, 5.41) is 4.62. The van der Waals surface area contributed by atoms with Crippen molar-refractivity contribution in [3.8, 4) is 0 Å². The minimum Gasteiger partial charge on any atom is -0.324 e. The third-order valence-corrected chi connectivity index (χ3v) is 5.32. The Labute approximate surface area is 164 Å². The third kappa shape index (κ3) is 4.03. The summed E-state index contributed by atoms with van der Waals surface area (Å²) in [6.45, 7) is 1.92. The quantitative estimate of drug-likeness (QED) is 0.517. The van der Waals surface area contributed by atoms with Gasteiger partial charge in [-0.15, -0.1) is 0 Å². The normalized spacial score (nSPS) is 10.9. The van der Waals surface area contributed by atoms with Gasteiger partial charge in [-0.25, -0.2) is 4.98 Å². The van der Waals surface area contributed by atoms with Crippen molar-refractivity contribution < 1.29 is 4.79 Å². The van der Waals surface area contributed by atoms with Crippen LogP contribution in [0.1, 0.15) is 5.56 Å². The van der Waals surface area contributed by atoms with Crippen molar-refractivity contribution in [2.24, 2.45) is 7.05 Å². The molecule has 1 N–H and O–H groups in total. The Hall–Kier alpha value is -2.02. The average molecular weight is 408 g/mol. The van der Waals surface area contributed by atoms with Gasteiger partial charge in [0, 0.05) is 12.1 Å². The highest BCUT2D eigenvalue weighted by molar-refractivity contribution is 7.99. The molecule has 2 aromatic carbocycles. The summed E-state index contributed by atoms with van der Waals surface area (Å²) in [7, 11) is 1.64. The number of benzene rings is 2. The number of rotatable bonds is 4. The van der Waals surface area contributed by atoms with E-state index in [1.54, 1.807) is 25.2 Å². The molecule has 26 heavy (non-hydrogen) atoms. The van der Waals surface area contributed by atoms with Gasteiger partial charge in [-0.3, -0.25) is 14.2 Å². The van der Waals surface area contributed by atoms with Crippen LogP contribution in [0, 0.1) is 6.92 Å². The molecule has 0 unspecified atom stereocenters. The summed E-state index contributed by atoms with van der Waals surface area (Å²) in [4.78, 5) is 29.2. The molecule has 1 heterocycles. The maximum absolute atomic E-state index is 12.5. The van der Waals surface area contributed by atoms with E-state index in [-0.39, 0.29) is 17.2 Å². The molecule has 3 aromatic rings. The minimum absolute atomic E-state index is 0.0838. The van der Waals surface area contributed by atoms with Gasteiger partial charge in [0.2, 0.25) is 5.91 Å². The van der Waals surface area contributed by atoms with Crippen molar-refractivity contribution in [1.82, 2.24) is 9.55 Å². The number of carbonyl (C=O) groups is 1. The molecule has 3 rings (SSSR count). The van der Waals surface area contributed by atoms with Crippen LogP contribution >= 0.6 is 35.0 Å². The van der Waals surface area contributed by atoms with Gasteiger partial charge in [-0.2, -0.15) is 0 Å². The van der Waals surface area contributed by atoms with Crippen LogP contribution in [0.4, 0.5) is 5.69 Å². The molecule has 0 radical (unpaired) electrons. The zero-order valence-corrected chi connectivity index (χ0v) is 16.4. The second-order valence-electron chi connectivity index (χ2n) is 5.74. The number of amides is 1. The summed E-state index contributed by atoms with van der Waals surface area (Å²) in [6.07, 6.45) is 0. The second-order valence-corrected chi connectivity index (χ2v) is 7.53. The number of aromatic nitrogens is 2. The van der Waals surface area contributed by atoms with Crippen molar-refractivity contribution in [3.05, 3.63) is 62.4 Å². The van der Waals surface area contributed by atoms with E-state index in [4.69, 9.17) is 23.2 Å². The molecular weight excluding hydrogens is 393 g/mol. The molecule has 0 aliphatic rings. The van der Waals surface area contributed by atoms with E-state index in [1.165, 1.54) is 16.3 Å². The maximum Gasteiger partial charge on any atom is 0.261 e. The Bertz CT molecular complexity index is 1070. The predicted octanol–water partition coefficient (Wildman–Crippen LogP) is 4.28. The van der Waals surface area contributed by atoms with Gasteiger partial charge >= 0.3 is 0 Å². The number of anilines is 1. The summed E-state index contributed by atoms with van der Waals surface area (Å²) in [5.74, 6) is -0.182. The molecule has 0 fully saturated rings. The van der Waals surface area contributed by atoms with Crippen molar-refractivity contribution in [1.29, 1.82) is 0 Å². The topological polar surface area (TPSA) is 64.0 Å². The van der Waals surface area contributed by atoms with E-state index >= 15 is 0 Å². The van der Waals surface area contributed by atoms with E-state index in [9.17, 15) is 9.59 Å². The van der Waals surface area contributed by atoms with Gasteiger partial charge < -0.3 is 5.32 Å². The number of hydrogen-bond donors (Lipinski definition) is 1. The zero-order chi connectivity index (χ0) is 18.8. The predicted molar refractivity (Wildman–Crippen MR) is 108 cm³/mol. The number of fused-ring (bicyclic) bond motifs is 1. The molecular formula is C18H15Cl2N3O2S. The Morgan fingerprint density at radius 2 is 2.00 bits per heavy atom. The number of aryl methyl sites for hydroxylation is 1. The second kappa shape index (κ2) is 7.70. The maximum atomic E-state index is 12.5. The monoisotopic (exact) mass is 407 g/mol. The summed E-state index contributed by atoms with van der Waals surface area (Å²) < 4.78 is 1.45. The molecule has 0 spiro atoms. The first-order valence-electron chi connectivity index (χ1n) is 7.70. The largest absolute Gasteiger partial charge is 0.324 e. The lowest BCUT2D eigenvalue weighted by molar-refractivity contribution is -0.113.